The highest BCUT2D eigenvalue weighted by atomic mass is 16.2. The van der Waals surface area contributed by atoms with Crippen LogP contribution in [-0.4, -0.2) is 17.3 Å². The highest BCUT2D eigenvalue weighted by Gasteiger charge is 2.38. The van der Waals surface area contributed by atoms with Gasteiger partial charge in [0.25, 0.3) is 0 Å². The van der Waals surface area contributed by atoms with Crippen molar-refractivity contribution in [2.24, 2.45) is 11.8 Å². The molecule has 0 bridgehead atoms. The predicted octanol–water partition coefficient (Wildman–Crippen LogP) is 2.62. The molecule has 1 aromatic carbocycles. The molecule has 0 amide bonds. The van der Waals surface area contributed by atoms with E-state index in [-0.39, 0.29) is 23.3 Å². The van der Waals surface area contributed by atoms with E-state index in [9.17, 15) is 14.4 Å². The van der Waals surface area contributed by atoms with E-state index in [1.54, 1.807) is 12.1 Å². The second kappa shape index (κ2) is 5.47. The minimum Gasteiger partial charge on any atom is -0.298 e. The summed E-state index contributed by atoms with van der Waals surface area (Å²) < 4.78 is 0. The van der Waals surface area contributed by atoms with Crippen molar-refractivity contribution in [2.75, 3.05) is 0 Å². The van der Waals surface area contributed by atoms with E-state index in [1.807, 2.05) is 26.0 Å². The van der Waals surface area contributed by atoms with Gasteiger partial charge in [-0.2, -0.15) is 0 Å². The lowest BCUT2D eigenvalue weighted by atomic mass is 9.77. The highest BCUT2D eigenvalue weighted by Crippen LogP contribution is 2.25. The summed E-state index contributed by atoms with van der Waals surface area (Å²) in [5.41, 5.74) is 1.59. The Morgan fingerprint density at radius 2 is 1.63 bits per heavy atom. The van der Waals surface area contributed by atoms with Gasteiger partial charge in [-0.1, -0.05) is 38.1 Å². The minimum atomic E-state index is -1.07. The summed E-state index contributed by atoms with van der Waals surface area (Å²) >= 11 is 0. The van der Waals surface area contributed by atoms with E-state index in [1.165, 1.54) is 0 Å². The van der Waals surface area contributed by atoms with Gasteiger partial charge in [-0.05, 0) is 17.9 Å². The van der Waals surface area contributed by atoms with Crippen LogP contribution < -0.4 is 0 Å². The Labute approximate surface area is 113 Å². The Bertz CT molecular complexity index is 495. The molecule has 0 aromatic heterocycles. The molecule has 0 atom stereocenters. The summed E-state index contributed by atoms with van der Waals surface area (Å²) in [7, 11) is 0. The molecule has 0 aliphatic heterocycles. The molecular formula is C16H18O3. The first-order valence-electron chi connectivity index (χ1n) is 6.71. The maximum atomic E-state index is 12.3. The first-order valence-corrected chi connectivity index (χ1v) is 6.71. The molecule has 0 radical (unpaired) electrons. The number of aryl methyl sites for hydroxylation is 1. The molecule has 1 fully saturated rings. The quantitative estimate of drug-likeness (QED) is 0.618. The molecule has 3 nitrogen and oxygen atoms in total. The Morgan fingerprint density at radius 3 is 2.11 bits per heavy atom. The first-order chi connectivity index (χ1) is 9.02. The predicted molar refractivity (Wildman–Crippen MR) is 72.1 cm³/mol. The minimum absolute atomic E-state index is 0.0616. The van der Waals surface area contributed by atoms with Crippen LogP contribution in [0.5, 0.6) is 0 Å². The van der Waals surface area contributed by atoms with Gasteiger partial charge in [0.15, 0.2) is 17.3 Å². The van der Waals surface area contributed by atoms with Gasteiger partial charge in [0.2, 0.25) is 0 Å². The van der Waals surface area contributed by atoms with E-state index < -0.39 is 5.92 Å². The Morgan fingerprint density at radius 1 is 1.11 bits per heavy atom. The number of ketones is 3. The largest absolute Gasteiger partial charge is 0.298 e. The fourth-order valence-corrected chi connectivity index (χ4v) is 2.54. The molecule has 1 aromatic rings. The third-order valence-corrected chi connectivity index (χ3v) is 3.65. The van der Waals surface area contributed by atoms with Crippen molar-refractivity contribution in [3.05, 3.63) is 35.4 Å². The van der Waals surface area contributed by atoms with E-state index in [2.05, 4.69) is 0 Å². The molecule has 0 saturated heterocycles. The van der Waals surface area contributed by atoms with Crippen LogP contribution >= 0.6 is 0 Å². The van der Waals surface area contributed by atoms with Crippen molar-refractivity contribution in [1.29, 1.82) is 0 Å². The Hall–Kier alpha value is -1.77. The average molecular weight is 258 g/mol. The van der Waals surface area contributed by atoms with Gasteiger partial charge in [0.1, 0.15) is 5.92 Å². The van der Waals surface area contributed by atoms with E-state index in [0.29, 0.717) is 18.4 Å². The Kier molecular flexibility index (Phi) is 3.93. The molecule has 0 heterocycles. The maximum absolute atomic E-state index is 12.3. The summed E-state index contributed by atoms with van der Waals surface area (Å²) in [6.07, 6.45) is 1.55. The van der Waals surface area contributed by atoms with Gasteiger partial charge < -0.3 is 0 Å². The fraction of sp³-hybridized carbons (Fsp3) is 0.438. The van der Waals surface area contributed by atoms with Crippen molar-refractivity contribution in [1.82, 2.24) is 0 Å². The molecule has 1 aliphatic rings. The lowest BCUT2D eigenvalue weighted by Crippen LogP contribution is -2.38. The topological polar surface area (TPSA) is 51.2 Å². The van der Waals surface area contributed by atoms with Crippen LogP contribution in [0, 0.1) is 11.8 Å². The number of Topliss-reactive ketones (excluding diaryl/α,β-unsaturated/α-hetero) is 3. The summed E-state index contributed by atoms with van der Waals surface area (Å²) in [5, 5.41) is 0. The van der Waals surface area contributed by atoms with Crippen LogP contribution in [0.2, 0.25) is 0 Å². The molecule has 0 N–H and O–H groups in total. The monoisotopic (exact) mass is 258 g/mol. The van der Waals surface area contributed by atoms with Crippen LogP contribution in [0.3, 0.4) is 0 Å². The molecular weight excluding hydrogens is 240 g/mol. The zero-order valence-electron chi connectivity index (χ0n) is 11.3. The highest BCUT2D eigenvalue weighted by molar-refractivity contribution is 6.25. The smallest absolute Gasteiger partial charge is 0.180 e. The van der Waals surface area contributed by atoms with Crippen LogP contribution in [0.1, 0.15) is 42.6 Å². The first kappa shape index (κ1) is 13.7. The zero-order valence-corrected chi connectivity index (χ0v) is 11.3. The van der Waals surface area contributed by atoms with Crippen molar-refractivity contribution in [3.63, 3.8) is 0 Å². The number of hydrogen-bond acceptors (Lipinski definition) is 3. The van der Waals surface area contributed by atoms with Crippen LogP contribution in [-0.2, 0) is 16.0 Å². The lowest BCUT2D eigenvalue weighted by Gasteiger charge is -2.22. The summed E-state index contributed by atoms with van der Waals surface area (Å²) in [6.45, 7) is 3.90. The van der Waals surface area contributed by atoms with Gasteiger partial charge in [0, 0.05) is 18.4 Å². The molecule has 1 aliphatic carbocycles. The molecule has 100 valence electrons. The molecule has 0 spiro atoms. The fourth-order valence-electron chi connectivity index (χ4n) is 2.54. The van der Waals surface area contributed by atoms with Crippen LogP contribution in [0.15, 0.2) is 24.3 Å². The van der Waals surface area contributed by atoms with Crippen molar-refractivity contribution < 1.29 is 14.4 Å². The Balaban J connectivity index is 2.22. The van der Waals surface area contributed by atoms with Crippen molar-refractivity contribution in [3.8, 4) is 0 Å². The average Bonchev–Trinajstić information content (AvgIpc) is 2.37. The number of carbonyl (C=O) groups is 3. The number of carbonyl (C=O) groups excluding carboxylic acids is 3. The second-order valence-corrected chi connectivity index (χ2v) is 5.29. The maximum Gasteiger partial charge on any atom is 0.180 e. The zero-order chi connectivity index (χ0) is 14.0. The van der Waals surface area contributed by atoms with Gasteiger partial charge in [-0.3, -0.25) is 14.4 Å². The number of hydrogen-bond donors (Lipinski definition) is 0. The number of benzene rings is 1. The molecule has 1 saturated carbocycles. The molecule has 3 heteroatoms. The number of rotatable bonds is 3. The van der Waals surface area contributed by atoms with Gasteiger partial charge in [-0.15, -0.1) is 0 Å². The second-order valence-electron chi connectivity index (χ2n) is 5.29. The molecule has 2 rings (SSSR count). The summed E-state index contributed by atoms with van der Waals surface area (Å²) in [4.78, 5) is 36.1. The van der Waals surface area contributed by atoms with Gasteiger partial charge >= 0.3 is 0 Å². The van der Waals surface area contributed by atoms with Crippen LogP contribution in [0.25, 0.3) is 0 Å². The lowest BCUT2D eigenvalue weighted by molar-refractivity contribution is -0.134. The van der Waals surface area contributed by atoms with Crippen LogP contribution in [0.4, 0.5) is 0 Å². The molecule has 0 unspecified atom stereocenters. The normalized spacial score (nSPS) is 23.5. The third kappa shape index (κ3) is 2.80. The van der Waals surface area contributed by atoms with E-state index in [0.717, 1.165) is 12.0 Å². The third-order valence-electron chi connectivity index (χ3n) is 3.65. The van der Waals surface area contributed by atoms with E-state index in [4.69, 9.17) is 0 Å². The van der Waals surface area contributed by atoms with Gasteiger partial charge in [0.05, 0.1) is 0 Å². The summed E-state index contributed by atoms with van der Waals surface area (Å²) in [5.74, 6) is -1.80. The van der Waals surface area contributed by atoms with Crippen molar-refractivity contribution in [2.45, 2.75) is 33.1 Å². The summed E-state index contributed by atoms with van der Waals surface area (Å²) in [6, 6.07) is 7.15. The molecule has 19 heavy (non-hydrogen) atoms. The standard InChI is InChI=1S/C16H18O3/c1-3-11-4-6-12(7-5-11)16(19)15-13(17)8-10(2)9-14(15)18/h4-7,10,15H,3,8-9H2,1-2H3. The van der Waals surface area contributed by atoms with Crippen molar-refractivity contribution >= 4 is 17.3 Å². The van der Waals surface area contributed by atoms with E-state index >= 15 is 0 Å². The SMILES string of the molecule is CCc1ccc(C(=O)C2C(=O)CC(C)CC2=O)cc1. The van der Waals surface area contributed by atoms with Gasteiger partial charge in [-0.25, -0.2) is 0 Å².